The predicted molar refractivity (Wildman–Crippen MR) is 77.9 cm³/mol. The summed E-state index contributed by atoms with van der Waals surface area (Å²) >= 11 is 0. The van der Waals surface area contributed by atoms with Gasteiger partial charge in [0.25, 0.3) is 0 Å². The summed E-state index contributed by atoms with van der Waals surface area (Å²) in [6, 6.07) is 9.22. The maximum absolute atomic E-state index is 10.9. The first-order valence-electron chi connectivity index (χ1n) is 6.38. The first-order chi connectivity index (χ1) is 10.2. The summed E-state index contributed by atoms with van der Waals surface area (Å²) in [5, 5.41) is 8.89. The summed E-state index contributed by atoms with van der Waals surface area (Å²) in [4.78, 5) is 18.6. The molecule has 5 heteroatoms. The third-order valence-corrected chi connectivity index (χ3v) is 3.03. The Bertz CT molecular complexity index is 751. The fourth-order valence-electron chi connectivity index (χ4n) is 2.00. The Morgan fingerprint density at radius 3 is 2.95 bits per heavy atom. The molecular formula is C16H12N2O3. The van der Waals surface area contributed by atoms with E-state index in [1.165, 1.54) is 12.4 Å². The predicted octanol–water partition coefficient (Wildman–Crippen LogP) is 2.66. The smallest absolute Gasteiger partial charge is 0.354 e. The number of benzene rings is 1. The van der Waals surface area contributed by atoms with E-state index >= 15 is 0 Å². The van der Waals surface area contributed by atoms with Crippen LogP contribution in [0, 0.1) is 0 Å². The first-order valence-corrected chi connectivity index (χ1v) is 6.38. The van der Waals surface area contributed by atoms with E-state index in [1.807, 2.05) is 36.4 Å². The number of rotatable bonds is 3. The van der Waals surface area contributed by atoms with Crippen molar-refractivity contribution in [1.82, 2.24) is 9.97 Å². The maximum Gasteiger partial charge on any atom is 0.354 e. The lowest BCUT2D eigenvalue weighted by atomic mass is 10.1. The second kappa shape index (κ2) is 5.58. The van der Waals surface area contributed by atoms with Crippen LogP contribution < -0.4 is 4.74 Å². The van der Waals surface area contributed by atoms with Gasteiger partial charge >= 0.3 is 5.97 Å². The lowest BCUT2D eigenvalue weighted by molar-refractivity contribution is 0.0690. The van der Waals surface area contributed by atoms with Crippen LogP contribution in [0.4, 0.5) is 0 Å². The maximum atomic E-state index is 10.9. The van der Waals surface area contributed by atoms with Gasteiger partial charge in [0.15, 0.2) is 5.69 Å². The molecule has 0 fully saturated rings. The molecule has 0 saturated carbocycles. The van der Waals surface area contributed by atoms with Crippen LogP contribution in [0.1, 0.15) is 21.7 Å². The second-order valence-electron chi connectivity index (χ2n) is 4.51. The zero-order valence-electron chi connectivity index (χ0n) is 11.1. The zero-order chi connectivity index (χ0) is 14.7. The van der Waals surface area contributed by atoms with Crippen molar-refractivity contribution in [2.45, 2.75) is 0 Å². The van der Waals surface area contributed by atoms with Crippen molar-refractivity contribution in [3.63, 3.8) is 0 Å². The number of aromatic carboxylic acids is 1. The summed E-state index contributed by atoms with van der Waals surface area (Å²) in [5.74, 6) is -0.203. The van der Waals surface area contributed by atoms with E-state index in [4.69, 9.17) is 9.84 Å². The molecule has 0 bridgehead atoms. The molecule has 5 nitrogen and oxygen atoms in total. The molecule has 2 aromatic rings. The topological polar surface area (TPSA) is 72.3 Å². The van der Waals surface area contributed by atoms with Gasteiger partial charge in [0.2, 0.25) is 0 Å². The number of aromatic nitrogens is 2. The van der Waals surface area contributed by atoms with Gasteiger partial charge in [-0.2, -0.15) is 0 Å². The van der Waals surface area contributed by atoms with E-state index in [9.17, 15) is 4.79 Å². The standard InChI is InChI=1S/C16H12N2O3/c19-16(20)14-8-13(17-10-18-14)6-5-11-7-12-3-1-2-4-15(12)21-9-11/h1-8,10H,9H2,(H,19,20)/b6-5+. The van der Waals surface area contributed by atoms with Crippen molar-refractivity contribution in [2.24, 2.45) is 0 Å². The van der Waals surface area contributed by atoms with Crippen molar-refractivity contribution >= 4 is 18.1 Å². The number of nitrogens with zero attached hydrogens (tertiary/aromatic N) is 2. The number of hydrogen-bond donors (Lipinski definition) is 1. The van der Waals surface area contributed by atoms with Crippen LogP contribution in [-0.2, 0) is 0 Å². The molecule has 21 heavy (non-hydrogen) atoms. The van der Waals surface area contributed by atoms with Gasteiger partial charge in [0, 0.05) is 5.56 Å². The van der Waals surface area contributed by atoms with Gasteiger partial charge in [-0.3, -0.25) is 0 Å². The number of carboxylic acids is 1. The van der Waals surface area contributed by atoms with Crippen LogP contribution in [0.15, 0.2) is 48.3 Å². The van der Waals surface area contributed by atoms with Crippen molar-refractivity contribution in [3.05, 3.63) is 65.3 Å². The van der Waals surface area contributed by atoms with Crippen molar-refractivity contribution in [1.29, 1.82) is 0 Å². The van der Waals surface area contributed by atoms with Crippen LogP contribution in [0.25, 0.3) is 12.2 Å². The Morgan fingerprint density at radius 2 is 2.10 bits per heavy atom. The quantitative estimate of drug-likeness (QED) is 0.935. The molecule has 0 atom stereocenters. The normalized spacial score (nSPS) is 13.4. The minimum Gasteiger partial charge on any atom is -0.488 e. The van der Waals surface area contributed by atoms with E-state index in [-0.39, 0.29) is 5.69 Å². The molecule has 1 aliphatic rings. The van der Waals surface area contributed by atoms with Gasteiger partial charge in [-0.05, 0) is 29.9 Å². The number of carbonyl (C=O) groups is 1. The Morgan fingerprint density at radius 1 is 1.24 bits per heavy atom. The molecule has 3 rings (SSSR count). The summed E-state index contributed by atoms with van der Waals surface area (Å²) in [6.45, 7) is 0.477. The molecule has 1 N–H and O–H groups in total. The number of para-hydroxylation sites is 1. The fraction of sp³-hybridized carbons (Fsp3) is 0.0625. The van der Waals surface area contributed by atoms with E-state index in [1.54, 1.807) is 6.08 Å². The zero-order valence-corrected chi connectivity index (χ0v) is 11.1. The SMILES string of the molecule is O=C(O)c1cc(/C=C/C2=Cc3ccccc3OC2)ncn1. The molecule has 0 spiro atoms. The van der Waals surface area contributed by atoms with Gasteiger partial charge in [-0.1, -0.05) is 24.3 Å². The minimum atomic E-state index is -1.07. The highest BCUT2D eigenvalue weighted by Crippen LogP contribution is 2.26. The largest absolute Gasteiger partial charge is 0.488 e. The molecule has 0 radical (unpaired) electrons. The minimum absolute atomic E-state index is 0.0242. The lowest BCUT2D eigenvalue weighted by Crippen LogP contribution is -2.05. The molecule has 1 aromatic carbocycles. The third kappa shape index (κ3) is 2.97. The van der Waals surface area contributed by atoms with E-state index < -0.39 is 5.97 Å². The number of ether oxygens (including phenoxy) is 1. The Balaban J connectivity index is 1.83. The first kappa shape index (κ1) is 13.1. The molecule has 104 valence electrons. The summed E-state index contributed by atoms with van der Waals surface area (Å²) < 4.78 is 5.64. The number of carboxylic acid groups (broad SMARTS) is 1. The van der Waals surface area contributed by atoms with Gasteiger partial charge in [-0.25, -0.2) is 14.8 Å². The van der Waals surface area contributed by atoms with Crippen molar-refractivity contribution < 1.29 is 14.6 Å². The van der Waals surface area contributed by atoms with Crippen LogP contribution in [0.5, 0.6) is 5.75 Å². The van der Waals surface area contributed by atoms with Crippen LogP contribution in [0.2, 0.25) is 0 Å². The molecule has 0 amide bonds. The Kier molecular flexibility index (Phi) is 3.47. The lowest BCUT2D eigenvalue weighted by Gasteiger charge is -2.15. The van der Waals surface area contributed by atoms with E-state index in [0.29, 0.717) is 12.3 Å². The van der Waals surface area contributed by atoms with Crippen molar-refractivity contribution in [3.8, 4) is 5.75 Å². The van der Waals surface area contributed by atoms with E-state index in [2.05, 4.69) is 9.97 Å². The van der Waals surface area contributed by atoms with Gasteiger partial charge in [0.1, 0.15) is 18.7 Å². The highest BCUT2D eigenvalue weighted by Gasteiger charge is 2.09. The van der Waals surface area contributed by atoms with Crippen LogP contribution in [-0.4, -0.2) is 27.7 Å². The highest BCUT2D eigenvalue weighted by molar-refractivity contribution is 5.85. The van der Waals surface area contributed by atoms with Crippen LogP contribution >= 0.6 is 0 Å². The average molecular weight is 280 g/mol. The molecule has 1 aliphatic heterocycles. The molecule has 0 saturated heterocycles. The molecule has 2 heterocycles. The molecule has 0 unspecified atom stereocenters. The summed E-state index contributed by atoms with van der Waals surface area (Å²) in [6.07, 6.45) is 6.89. The molecular weight excluding hydrogens is 268 g/mol. The second-order valence-corrected chi connectivity index (χ2v) is 4.51. The van der Waals surface area contributed by atoms with E-state index in [0.717, 1.165) is 16.9 Å². The highest BCUT2D eigenvalue weighted by atomic mass is 16.5. The Labute approximate surface area is 121 Å². The van der Waals surface area contributed by atoms with Crippen LogP contribution in [0.3, 0.4) is 0 Å². The van der Waals surface area contributed by atoms with Gasteiger partial charge < -0.3 is 9.84 Å². The summed E-state index contributed by atoms with van der Waals surface area (Å²) in [5.41, 5.74) is 2.53. The summed E-state index contributed by atoms with van der Waals surface area (Å²) in [7, 11) is 0. The molecule has 1 aromatic heterocycles. The number of hydrogen-bond acceptors (Lipinski definition) is 4. The monoisotopic (exact) mass is 280 g/mol. The average Bonchev–Trinajstić information content (AvgIpc) is 2.53. The Hall–Kier alpha value is -2.95. The third-order valence-electron chi connectivity index (χ3n) is 3.03. The van der Waals surface area contributed by atoms with Crippen molar-refractivity contribution in [2.75, 3.05) is 6.61 Å². The van der Waals surface area contributed by atoms with Gasteiger partial charge in [0.05, 0.1) is 5.69 Å². The fourth-order valence-corrected chi connectivity index (χ4v) is 2.00. The molecule has 0 aliphatic carbocycles. The van der Waals surface area contributed by atoms with Gasteiger partial charge in [-0.15, -0.1) is 0 Å². The number of fused-ring (bicyclic) bond motifs is 1.